The average molecular weight is 229 g/mol. The molecule has 17 heavy (non-hydrogen) atoms. The highest BCUT2D eigenvalue weighted by Crippen LogP contribution is 2.20. The molecule has 0 aliphatic rings. The molecule has 3 heteroatoms. The summed E-state index contributed by atoms with van der Waals surface area (Å²) in [6.45, 7) is 1.58. The van der Waals surface area contributed by atoms with Crippen LogP contribution in [0.1, 0.15) is 29.0 Å². The summed E-state index contributed by atoms with van der Waals surface area (Å²) in [5.41, 5.74) is 1.68. The zero-order valence-corrected chi connectivity index (χ0v) is 9.71. The van der Waals surface area contributed by atoms with Crippen LogP contribution >= 0.6 is 0 Å². The van der Waals surface area contributed by atoms with Gasteiger partial charge in [0.25, 0.3) is 0 Å². The molecular formula is C14H15NO2. The summed E-state index contributed by atoms with van der Waals surface area (Å²) in [5, 5.41) is 8.92. The molecule has 1 N–H and O–H groups in total. The minimum atomic E-state index is -0.453. The number of hydrogen-bond donors (Lipinski definition) is 1. The first-order chi connectivity index (χ1) is 8.24. The normalized spacial score (nSPS) is 12.4. The Hall–Kier alpha value is -1.87. The number of carbonyl (C=O) groups is 1. The van der Waals surface area contributed by atoms with E-state index in [1.165, 1.54) is 0 Å². The lowest BCUT2D eigenvalue weighted by molar-refractivity contribution is 0.0893. The molecule has 0 spiro atoms. The zero-order valence-electron chi connectivity index (χ0n) is 9.71. The molecule has 0 aliphatic carbocycles. The Bertz CT molecular complexity index is 502. The summed E-state index contributed by atoms with van der Waals surface area (Å²) < 4.78 is 1.88. The van der Waals surface area contributed by atoms with Crippen molar-refractivity contribution in [3.05, 3.63) is 59.9 Å². The SMILES string of the molecule is C[C@H](c1ccccc1)n1cccc1C(=O)CO. The molecule has 0 aliphatic heterocycles. The molecule has 0 saturated heterocycles. The Labute approximate surface area is 100 Å². The fraction of sp³-hybridized carbons (Fsp3) is 0.214. The van der Waals surface area contributed by atoms with Crippen molar-refractivity contribution < 1.29 is 9.90 Å². The van der Waals surface area contributed by atoms with Gasteiger partial charge in [-0.25, -0.2) is 0 Å². The van der Waals surface area contributed by atoms with E-state index < -0.39 is 6.61 Å². The molecule has 2 aromatic rings. The Balaban J connectivity index is 2.35. The molecule has 1 aromatic carbocycles. The number of carbonyl (C=O) groups excluding carboxylic acids is 1. The van der Waals surface area contributed by atoms with E-state index in [1.807, 2.05) is 54.1 Å². The van der Waals surface area contributed by atoms with Crippen LogP contribution in [0.4, 0.5) is 0 Å². The van der Waals surface area contributed by atoms with Crippen LogP contribution in [0.5, 0.6) is 0 Å². The highest BCUT2D eigenvalue weighted by Gasteiger charge is 2.14. The molecule has 0 saturated carbocycles. The van der Waals surface area contributed by atoms with E-state index in [2.05, 4.69) is 0 Å². The number of benzene rings is 1. The van der Waals surface area contributed by atoms with Crippen LogP contribution in [0.25, 0.3) is 0 Å². The third-order valence-corrected chi connectivity index (χ3v) is 2.91. The molecule has 88 valence electrons. The second kappa shape index (κ2) is 4.97. The van der Waals surface area contributed by atoms with Crippen LogP contribution in [0.15, 0.2) is 48.7 Å². The van der Waals surface area contributed by atoms with Gasteiger partial charge in [0.15, 0.2) is 0 Å². The van der Waals surface area contributed by atoms with E-state index in [0.29, 0.717) is 5.69 Å². The lowest BCUT2D eigenvalue weighted by atomic mass is 10.1. The molecule has 1 atom stereocenters. The Morgan fingerprint density at radius 2 is 1.94 bits per heavy atom. The first kappa shape index (κ1) is 11.6. The predicted molar refractivity (Wildman–Crippen MR) is 66.1 cm³/mol. The number of aromatic nitrogens is 1. The zero-order chi connectivity index (χ0) is 12.3. The lowest BCUT2D eigenvalue weighted by Gasteiger charge is -2.17. The van der Waals surface area contributed by atoms with Gasteiger partial charge < -0.3 is 9.67 Å². The number of ketones is 1. The number of Topliss-reactive ketones (excluding diaryl/α,β-unsaturated/α-hetero) is 1. The minimum absolute atomic E-state index is 0.0803. The van der Waals surface area contributed by atoms with Crippen LogP contribution < -0.4 is 0 Å². The monoisotopic (exact) mass is 229 g/mol. The second-order valence-corrected chi connectivity index (χ2v) is 3.97. The lowest BCUT2D eigenvalue weighted by Crippen LogP contribution is -2.15. The summed E-state index contributed by atoms with van der Waals surface area (Å²) in [6, 6.07) is 13.6. The maximum absolute atomic E-state index is 11.6. The number of rotatable bonds is 4. The van der Waals surface area contributed by atoms with Gasteiger partial charge in [0.1, 0.15) is 6.61 Å². The maximum atomic E-state index is 11.6. The summed E-state index contributed by atoms with van der Waals surface area (Å²) in [6.07, 6.45) is 1.86. The first-order valence-corrected chi connectivity index (χ1v) is 5.60. The van der Waals surface area contributed by atoms with E-state index in [4.69, 9.17) is 5.11 Å². The summed E-state index contributed by atoms with van der Waals surface area (Å²) in [7, 11) is 0. The topological polar surface area (TPSA) is 42.2 Å². The molecular weight excluding hydrogens is 214 g/mol. The molecule has 0 amide bonds. The standard InChI is InChI=1S/C14H15NO2/c1-11(12-6-3-2-4-7-12)15-9-5-8-13(15)14(17)10-16/h2-9,11,16H,10H2,1H3/t11-/m1/s1. The van der Waals surface area contributed by atoms with Gasteiger partial charge in [-0.3, -0.25) is 4.79 Å². The number of nitrogens with zero attached hydrogens (tertiary/aromatic N) is 1. The van der Waals surface area contributed by atoms with Crippen LogP contribution in [-0.4, -0.2) is 22.1 Å². The second-order valence-electron chi connectivity index (χ2n) is 3.97. The van der Waals surface area contributed by atoms with Gasteiger partial charge in [0.2, 0.25) is 5.78 Å². The van der Waals surface area contributed by atoms with Gasteiger partial charge in [-0.05, 0) is 24.6 Å². The van der Waals surface area contributed by atoms with Crippen molar-refractivity contribution in [2.75, 3.05) is 6.61 Å². The molecule has 0 fully saturated rings. The van der Waals surface area contributed by atoms with Crippen molar-refractivity contribution in [1.29, 1.82) is 0 Å². The fourth-order valence-electron chi connectivity index (χ4n) is 1.94. The van der Waals surface area contributed by atoms with Gasteiger partial charge in [0, 0.05) is 6.20 Å². The maximum Gasteiger partial charge on any atom is 0.204 e. The van der Waals surface area contributed by atoms with Crippen molar-refractivity contribution >= 4 is 5.78 Å². The number of hydrogen-bond acceptors (Lipinski definition) is 2. The van der Waals surface area contributed by atoms with Crippen molar-refractivity contribution in [3.63, 3.8) is 0 Å². The van der Waals surface area contributed by atoms with Crippen LogP contribution in [-0.2, 0) is 0 Å². The van der Waals surface area contributed by atoms with E-state index in [-0.39, 0.29) is 11.8 Å². The van der Waals surface area contributed by atoms with Gasteiger partial charge in [-0.15, -0.1) is 0 Å². The molecule has 1 heterocycles. The molecule has 3 nitrogen and oxygen atoms in total. The van der Waals surface area contributed by atoms with E-state index in [9.17, 15) is 4.79 Å². The Morgan fingerprint density at radius 3 is 2.59 bits per heavy atom. The summed E-state index contributed by atoms with van der Waals surface area (Å²) >= 11 is 0. The highest BCUT2D eigenvalue weighted by molar-refractivity contribution is 5.95. The van der Waals surface area contributed by atoms with Gasteiger partial charge in [0.05, 0.1) is 11.7 Å². The minimum Gasteiger partial charge on any atom is -0.388 e. The molecule has 0 unspecified atom stereocenters. The largest absolute Gasteiger partial charge is 0.388 e. The predicted octanol–water partition coefficient (Wildman–Crippen LogP) is 2.27. The molecule has 2 rings (SSSR count). The van der Waals surface area contributed by atoms with Gasteiger partial charge in [-0.1, -0.05) is 30.3 Å². The first-order valence-electron chi connectivity index (χ1n) is 5.60. The highest BCUT2D eigenvalue weighted by atomic mass is 16.3. The smallest absolute Gasteiger partial charge is 0.204 e. The Morgan fingerprint density at radius 1 is 1.24 bits per heavy atom. The van der Waals surface area contributed by atoms with Crippen molar-refractivity contribution in [2.45, 2.75) is 13.0 Å². The quantitative estimate of drug-likeness (QED) is 0.817. The van der Waals surface area contributed by atoms with Crippen LogP contribution in [0.3, 0.4) is 0 Å². The van der Waals surface area contributed by atoms with Crippen molar-refractivity contribution in [3.8, 4) is 0 Å². The third-order valence-electron chi connectivity index (χ3n) is 2.91. The van der Waals surface area contributed by atoms with Gasteiger partial charge in [-0.2, -0.15) is 0 Å². The van der Waals surface area contributed by atoms with Crippen molar-refractivity contribution in [1.82, 2.24) is 4.57 Å². The third kappa shape index (κ3) is 2.29. The Kier molecular flexibility index (Phi) is 3.40. The van der Waals surface area contributed by atoms with E-state index >= 15 is 0 Å². The number of aliphatic hydroxyl groups is 1. The number of aliphatic hydroxyl groups excluding tert-OH is 1. The molecule has 1 aromatic heterocycles. The fourth-order valence-corrected chi connectivity index (χ4v) is 1.94. The summed E-state index contributed by atoms with van der Waals surface area (Å²) in [5.74, 6) is -0.252. The van der Waals surface area contributed by atoms with Crippen LogP contribution in [0.2, 0.25) is 0 Å². The average Bonchev–Trinajstić information content (AvgIpc) is 2.87. The summed E-state index contributed by atoms with van der Waals surface area (Å²) in [4.78, 5) is 11.6. The van der Waals surface area contributed by atoms with Gasteiger partial charge >= 0.3 is 0 Å². The molecule has 0 radical (unpaired) electrons. The van der Waals surface area contributed by atoms with Crippen molar-refractivity contribution in [2.24, 2.45) is 0 Å². The van der Waals surface area contributed by atoms with E-state index in [1.54, 1.807) is 6.07 Å². The van der Waals surface area contributed by atoms with Crippen LogP contribution in [0, 0.1) is 0 Å². The van der Waals surface area contributed by atoms with E-state index in [0.717, 1.165) is 5.56 Å². The molecule has 0 bridgehead atoms.